The summed E-state index contributed by atoms with van der Waals surface area (Å²) in [5.41, 5.74) is 1.07. The molecule has 0 aliphatic heterocycles. The Labute approximate surface area is 192 Å². The number of nitrogens with zero attached hydrogens (tertiary/aromatic N) is 1. The van der Waals surface area contributed by atoms with Crippen LogP contribution in [0.2, 0.25) is 0 Å². The Morgan fingerprint density at radius 3 is 2.71 bits per heavy atom. The van der Waals surface area contributed by atoms with Crippen molar-refractivity contribution in [3.8, 4) is 5.75 Å². The molecule has 1 fully saturated rings. The van der Waals surface area contributed by atoms with Gasteiger partial charge in [0.25, 0.3) is 0 Å². The number of nitrogens with one attached hydrogen (secondary N) is 1. The number of carbonyl (C=O) groups excluding carboxylic acids is 1. The minimum atomic E-state index is -0.284. The van der Waals surface area contributed by atoms with E-state index in [9.17, 15) is 9.18 Å². The second kappa shape index (κ2) is 16.3. The molecule has 31 heavy (non-hydrogen) atoms. The molecule has 1 N–H and O–H groups in total. The summed E-state index contributed by atoms with van der Waals surface area (Å²) in [7, 11) is 2.07. The van der Waals surface area contributed by atoms with Crippen LogP contribution in [0.25, 0.3) is 0 Å². The molecule has 0 amide bonds. The lowest BCUT2D eigenvalue weighted by Gasteiger charge is -2.24. The summed E-state index contributed by atoms with van der Waals surface area (Å²) in [6.45, 7) is 10.1. The van der Waals surface area contributed by atoms with Crippen LogP contribution in [0.1, 0.15) is 71.4 Å². The molecule has 1 aromatic rings. The molecule has 2 rings (SSSR count). The van der Waals surface area contributed by atoms with E-state index in [0.717, 1.165) is 37.1 Å². The van der Waals surface area contributed by atoms with Gasteiger partial charge in [-0.25, -0.2) is 8.70 Å². The van der Waals surface area contributed by atoms with Crippen LogP contribution < -0.4 is 10.1 Å². The summed E-state index contributed by atoms with van der Waals surface area (Å²) in [5, 5.41) is 3.11. The Hall–Kier alpha value is -1.31. The van der Waals surface area contributed by atoms with E-state index < -0.39 is 0 Å². The summed E-state index contributed by atoms with van der Waals surface area (Å²) in [4.78, 5) is 11.2. The van der Waals surface area contributed by atoms with Gasteiger partial charge in [0.15, 0.2) is 11.6 Å². The van der Waals surface area contributed by atoms with Gasteiger partial charge < -0.3 is 14.8 Å². The maximum atomic E-state index is 14.0. The predicted octanol–water partition coefficient (Wildman–Crippen LogP) is 5.60. The fraction of sp³-hybridized carbons (Fsp3) is 0.708. The van der Waals surface area contributed by atoms with Gasteiger partial charge in [-0.3, -0.25) is 4.79 Å². The summed E-state index contributed by atoms with van der Waals surface area (Å²) in [5.74, 6) is 1.53. The van der Waals surface area contributed by atoms with Crippen molar-refractivity contribution in [2.75, 3.05) is 39.1 Å². The number of hydrogen-bond acceptors (Lipinski definition) is 6. The number of carbonyl (C=O) groups is 1. The van der Waals surface area contributed by atoms with Crippen LogP contribution in [0.15, 0.2) is 18.2 Å². The fourth-order valence-electron chi connectivity index (χ4n) is 2.84. The third-order valence-corrected chi connectivity index (χ3v) is 6.22. The fourth-order valence-corrected chi connectivity index (χ4v) is 3.81. The quantitative estimate of drug-likeness (QED) is 0.210. The van der Waals surface area contributed by atoms with Crippen molar-refractivity contribution in [1.82, 2.24) is 9.62 Å². The molecule has 1 saturated carbocycles. The van der Waals surface area contributed by atoms with Gasteiger partial charge in [-0.1, -0.05) is 38.3 Å². The van der Waals surface area contributed by atoms with E-state index in [4.69, 9.17) is 9.47 Å². The highest BCUT2D eigenvalue weighted by Gasteiger charge is 2.23. The summed E-state index contributed by atoms with van der Waals surface area (Å²) < 4.78 is 26.8. The van der Waals surface area contributed by atoms with Gasteiger partial charge >= 0.3 is 5.97 Å². The van der Waals surface area contributed by atoms with Gasteiger partial charge in [-0.15, -0.1) is 0 Å². The Kier molecular flexibility index (Phi) is 14.6. The maximum absolute atomic E-state index is 14.0. The smallest absolute Gasteiger partial charge is 0.319 e. The lowest BCUT2D eigenvalue weighted by atomic mass is 10.1. The molecule has 1 aliphatic rings. The molecule has 1 atom stereocenters. The molecule has 7 heteroatoms. The van der Waals surface area contributed by atoms with Gasteiger partial charge in [0.2, 0.25) is 0 Å². The standard InChI is InChI=1S/C22H35FN2O3S.C2H6/c1-4-27-22(26)15-24-12-6-5-7-13-29-25(3)17(2)19-10-11-20(23)21(14-19)28-16-18-8-9-18;1-2/h10-11,14,17-18,24H,4-9,12-13,15-16H2,1-3H3;1-2H3. The molecule has 5 nitrogen and oxygen atoms in total. The lowest BCUT2D eigenvalue weighted by Crippen LogP contribution is -2.25. The first-order chi connectivity index (χ1) is 15.0. The average Bonchev–Trinajstić information content (AvgIpc) is 3.60. The average molecular weight is 457 g/mol. The second-order valence-electron chi connectivity index (χ2n) is 7.54. The summed E-state index contributed by atoms with van der Waals surface area (Å²) >= 11 is 1.80. The van der Waals surface area contributed by atoms with Crippen molar-refractivity contribution in [3.05, 3.63) is 29.6 Å². The van der Waals surface area contributed by atoms with E-state index in [-0.39, 0.29) is 24.4 Å². The van der Waals surface area contributed by atoms with Gasteiger partial charge in [0.1, 0.15) is 0 Å². The van der Waals surface area contributed by atoms with Crippen molar-refractivity contribution < 1.29 is 18.7 Å². The van der Waals surface area contributed by atoms with E-state index in [2.05, 4.69) is 23.6 Å². The topological polar surface area (TPSA) is 50.8 Å². The van der Waals surface area contributed by atoms with Crippen molar-refractivity contribution in [2.24, 2.45) is 5.92 Å². The number of unbranched alkanes of at least 4 members (excludes halogenated alkanes) is 2. The maximum Gasteiger partial charge on any atom is 0.319 e. The molecule has 0 radical (unpaired) electrons. The van der Waals surface area contributed by atoms with Crippen molar-refractivity contribution in [2.45, 2.75) is 65.8 Å². The number of rotatable bonds is 15. The zero-order chi connectivity index (χ0) is 23.1. The van der Waals surface area contributed by atoms with Gasteiger partial charge in [-0.2, -0.15) is 0 Å². The van der Waals surface area contributed by atoms with Crippen LogP contribution in [0.4, 0.5) is 4.39 Å². The highest BCUT2D eigenvalue weighted by atomic mass is 32.2. The lowest BCUT2D eigenvalue weighted by molar-refractivity contribution is -0.141. The van der Waals surface area contributed by atoms with Crippen LogP contribution in [0, 0.1) is 11.7 Å². The van der Waals surface area contributed by atoms with Crippen LogP contribution in [0.3, 0.4) is 0 Å². The minimum Gasteiger partial charge on any atom is -0.490 e. The van der Waals surface area contributed by atoms with Gasteiger partial charge in [0, 0.05) is 11.8 Å². The number of benzene rings is 1. The molecule has 0 saturated heterocycles. The van der Waals surface area contributed by atoms with E-state index in [1.54, 1.807) is 11.9 Å². The Balaban J connectivity index is 0.00000233. The molecular weight excluding hydrogens is 415 g/mol. The van der Waals surface area contributed by atoms with Crippen molar-refractivity contribution >= 4 is 17.9 Å². The van der Waals surface area contributed by atoms with Crippen LogP contribution in [-0.4, -0.2) is 49.4 Å². The monoisotopic (exact) mass is 456 g/mol. The number of esters is 1. The van der Waals surface area contributed by atoms with Crippen molar-refractivity contribution in [3.63, 3.8) is 0 Å². The summed E-state index contributed by atoms with van der Waals surface area (Å²) in [6.07, 6.45) is 5.65. The highest BCUT2D eigenvalue weighted by Crippen LogP contribution is 2.32. The number of ether oxygens (including phenoxy) is 2. The molecule has 178 valence electrons. The Morgan fingerprint density at radius 2 is 2.03 bits per heavy atom. The van der Waals surface area contributed by atoms with Gasteiger partial charge in [-0.05, 0) is 76.7 Å². The first-order valence-corrected chi connectivity index (χ1v) is 12.6. The first kappa shape index (κ1) is 27.7. The minimum absolute atomic E-state index is 0.176. The summed E-state index contributed by atoms with van der Waals surface area (Å²) in [6, 6.07) is 5.37. The Bertz CT molecular complexity index is 629. The molecule has 0 heterocycles. The second-order valence-corrected chi connectivity index (χ2v) is 8.78. The molecule has 1 aliphatic carbocycles. The number of halogens is 1. The molecule has 0 spiro atoms. The van der Waals surface area contributed by atoms with Gasteiger partial charge in [0.05, 0.1) is 19.8 Å². The largest absolute Gasteiger partial charge is 0.490 e. The molecule has 0 bridgehead atoms. The van der Waals surface area contributed by atoms with E-state index in [1.165, 1.54) is 18.9 Å². The van der Waals surface area contributed by atoms with Crippen LogP contribution in [-0.2, 0) is 9.53 Å². The third-order valence-electron chi connectivity index (χ3n) is 5.02. The normalized spacial score (nSPS) is 14.0. The van der Waals surface area contributed by atoms with Crippen LogP contribution >= 0.6 is 11.9 Å². The molecule has 1 aromatic carbocycles. The highest BCUT2D eigenvalue weighted by molar-refractivity contribution is 7.96. The molecule has 0 aromatic heterocycles. The first-order valence-electron chi connectivity index (χ1n) is 11.7. The van der Waals surface area contributed by atoms with Crippen LogP contribution in [0.5, 0.6) is 5.75 Å². The number of hydrogen-bond donors (Lipinski definition) is 1. The van der Waals surface area contributed by atoms with E-state index in [1.807, 2.05) is 32.9 Å². The zero-order valence-corrected chi connectivity index (χ0v) is 20.7. The Morgan fingerprint density at radius 1 is 1.29 bits per heavy atom. The SMILES string of the molecule is CC.CCOC(=O)CNCCCCCSN(C)C(C)c1ccc(F)c(OCC2CC2)c1. The third kappa shape index (κ3) is 11.8. The van der Waals surface area contributed by atoms with E-state index >= 15 is 0 Å². The zero-order valence-electron chi connectivity index (χ0n) is 19.9. The molecular formula is C24H41FN2O3S. The molecule has 1 unspecified atom stereocenters. The van der Waals surface area contributed by atoms with E-state index in [0.29, 0.717) is 24.9 Å². The van der Waals surface area contributed by atoms with Crippen molar-refractivity contribution in [1.29, 1.82) is 0 Å². The predicted molar refractivity (Wildman–Crippen MR) is 128 cm³/mol.